The van der Waals surface area contributed by atoms with Crippen molar-refractivity contribution in [2.75, 3.05) is 19.8 Å². The van der Waals surface area contributed by atoms with Crippen molar-refractivity contribution in [1.29, 1.82) is 0 Å². The first-order chi connectivity index (χ1) is 35.0. The Hall–Kier alpha value is -2.74. The number of carbonyl (C=O) groups is 1. The van der Waals surface area contributed by atoms with E-state index in [0.29, 0.717) is 13.0 Å². The first kappa shape index (κ1) is 67.3. The van der Waals surface area contributed by atoms with Crippen LogP contribution in [-0.2, 0) is 27.9 Å². The first-order valence-corrected chi connectivity index (χ1v) is 29.6. The van der Waals surface area contributed by atoms with Crippen LogP contribution < -0.4 is 0 Å². The second-order valence-electron chi connectivity index (χ2n) is 19.0. The molecule has 6 unspecified atom stereocenters. The molecule has 0 spiro atoms. The number of hydrogen-bond donors (Lipinski definition) is 6. The number of phosphoric acid groups is 1. The Balaban J connectivity index is 2.34. The largest absolute Gasteiger partial charge is 0.472 e. The lowest BCUT2D eigenvalue weighted by molar-refractivity contribution is -0.220. The van der Waals surface area contributed by atoms with E-state index in [2.05, 4.69) is 111 Å². The highest BCUT2D eigenvalue weighted by Gasteiger charge is 2.51. The molecule has 72 heavy (non-hydrogen) atoms. The molecule has 1 aliphatic carbocycles. The van der Waals surface area contributed by atoms with Gasteiger partial charge in [0.1, 0.15) is 42.7 Å². The molecular formula is C59H101O12P. The number of rotatable bonds is 47. The Labute approximate surface area is 436 Å². The molecule has 12 nitrogen and oxygen atoms in total. The average Bonchev–Trinajstić information content (AvgIpc) is 3.37. The Kier molecular flexibility index (Phi) is 44.8. The SMILES string of the molecule is CC/C=C\C/C=C\C/C=C\C/C=C\C/C=C\CCCCCCCCCC(=O)OC(COCCCCCCCCC/C=C\C/C=C\C/C=C\CCCCCCC)COP(=O)(O)OC1C(O)C(O)C(O)C(O)C1O. The minimum atomic E-state index is -5.04. The van der Waals surface area contributed by atoms with Crippen LogP contribution in [0.25, 0.3) is 0 Å². The zero-order chi connectivity index (χ0) is 52.6. The number of allylic oxidation sites excluding steroid dienone is 16. The Morgan fingerprint density at radius 1 is 0.458 bits per heavy atom. The maximum Gasteiger partial charge on any atom is 0.472 e. The van der Waals surface area contributed by atoms with E-state index in [4.69, 9.17) is 18.5 Å². The van der Waals surface area contributed by atoms with Crippen molar-refractivity contribution < 1.29 is 58.3 Å². The first-order valence-electron chi connectivity index (χ1n) is 28.1. The molecule has 1 aliphatic rings. The standard InChI is InChI=1S/C59H101O12P/c1-3-5-7-9-11-13-15-17-19-21-23-25-27-28-30-32-34-36-38-40-42-44-46-48-53(60)70-52(51-69-72(66,67)71-59-57(64)55(62)54(61)56(63)58(59)65)50-68-49-47-45-43-41-39-37-35-33-31-29-26-24-22-20-18-16-14-12-10-8-6-4-2/h5,7,11,13,16-19,22-25,28-31,52,54-59,61-65H,3-4,6,8-10,12,14-15,20-21,26-27,32-51H2,1-2H3,(H,66,67)/b7-5-,13-11-,18-16-,19-17-,24-22-,25-23-,30-28-,31-29-. The van der Waals surface area contributed by atoms with Gasteiger partial charge in [-0.05, 0) is 96.3 Å². The number of aliphatic hydroxyl groups is 5. The lowest BCUT2D eigenvalue weighted by atomic mass is 9.85. The lowest BCUT2D eigenvalue weighted by Crippen LogP contribution is -2.64. The minimum absolute atomic E-state index is 0.0940. The van der Waals surface area contributed by atoms with Gasteiger partial charge in [-0.15, -0.1) is 0 Å². The van der Waals surface area contributed by atoms with Gasteiger partial charge in [0.05, 0.1) is 13.2 Å². The fourth-order valence-corrected chi connectivity index (χ4v) is 9.01. The van der Waals surface area contributed by atoms with Crippen LogP contribution in [0.1, 0.15) is 206 Å². The van der Waals surface area contributed by atoms with Crippen molar-refractivity contribution in [1.82, 2.24) is 0 Å². The second kappa shape index (κ2) is 47.9. The van der Waals surface area contributed by atoms with Crippen LogP contribution in [0.4, 0.5) is 0 Å². The summed E-state index contributed by atoms with van der Waals surface area (Å²) >= 11 is 0. The van der Waals surface area contributed by atoms with E-state index in [9.17, 15) is 39.8 Å². The van der Waals surface area contributed by atoms with E-state index in [0.717, 1.165) is 122 Å². The van der Waals surface area contributed by atoms with Gasteiger partial charge in [-0.3, -0.25) is 13.8 Å². The highest BCUT2D eigenvalue weighted by atomic mass is 31.2. The fourth-order valence-electron chi connectivity index (χ4n) is 8.04. The summed E-state index contributed by atoms with van der Waals surface area (Å²) in [6, 6.07) is 0. The summed E-state index contributed by atoms with van der Waals surface area (Å²) in [5.74, 6) is -0.495. The molecule has 0 aromatic rings. The monoisotopic (exact) mass is 1030 g/mol. The molecule has 6 N–H and O–H groups in total. The minimum Gasteiger partial charge on any atom is -0.457 e. The summed E-state index contributed by atoms with van der Waals surface area (Å²) in [7, 11) is -5.04. The topological polar surface area (TPSA) is 192 Å². The highest BCUT2D eigenvalue weighted by Crippen LogP contribution is 2.47. The molecule has 1 fully saturated rings. The molecular weight excluding hydrogens is 932 g/mol. The van der Waals surface area contributed by atoms with Gasteiger partial charge in [0.2, 0.25) is 0 Å². The van der Waals surface area contributed by atoms with Gasteiger partial charge in [-0.1, -0.05) is 201 Å². The van der Waals surface area contributed by atoms with Crippen molar-refractivity contribution in [3.8, 4) is 0 Å². The number of aliphatic hydroxyl groups excluding tert-OH is 5. The maximum absolute atomic E-state index is 12.9. The van der Waals surface area contributed by atoms with E-state index in [-0.39, 0.29) is 13.0 Å². The van der Waals surface area contributed by atoms with Crippen LogP contribution in [0.2, 0.25) is 0 Å². The summed E-state index contributed by atoms with van der Waals surface area (Å²) < 4.78 is 34.4. The Bertz CT molecular complexity index is 1550. The molecule has 0 bridgehead atoms. The third kappa shape index (κ3) is 38.8. The highest BCUT2D eigenvalue weighted by molar-refractivity contribution is 7.47. The Morgan fingerprint density at radius 3 is 1.25 bits per heavy atom. The van der Waals surface area contributed by atoms with E-state index in [1.54, 1.807) is 0 Å². The Morgan fingerprint density at radius 2 is 0.819 bits per heavy atom. The fraction of sp³-hybridized carbons (Fsp3) is 0.712. The van der Waals surface area contributed by atoms with Crippen LogP contribution in [0.15, 0.2) is 97.2 Å². The summed E-state index contributed by atoms with van der Waals surface area (Å²) in [6.45, 7) is 4.11. The molecule has 414 valence electrons. The van der Waals surface area contributed by atoms with Gasteiger partial charge < -0.3 is 39.9 Å². The third-order valence-electron chi connectivity index (χ3n) is 12.4. The van der Waals surface area contributed by atoms with E-state index in [1.807, 2.05) is 0 Å². The molecule has 0 aromatic heterocycles. The van der Waals surface area contributed by atoms with E-state index < -0.39 is 63.1 Å². The lowest BCUT2D eigenvalue weighted by Gasteiger charge is -2.41. The van der Waals surface area contributed by atoms with Gasteiger partial charge in [-0.25, -0.2) is 4.57 Å². The molecule has 13 heteroatoms. The van der Waals surface area contributed by atoms with E-state index >= 15 is 0 Å². The molecule has 0 aliphatic heterocycles. The number of hydrogen-bond acceptors (Lipinski definition) is 11. The van der Waals surface area contributed by atoms with Crippen molar-refractivity contribution >= 4 is 13.8 Å². The number of carbonyl (C=O) groups excluding carboxylic acids is 1. The van der Waals surface area contributed by atoms with Crippen molar-refractivity contribution in [3.05, 3.63) is 97.2 Å². The predicted octanol–water partition coefficient (Wildman–Crippen LogP) is 13.4. The predicted molar refractivity (Wildman–Crippen MR) is 294 cm³/mol. The number of esters is 1. The number of unbranched alkanes of at least 4 members (excludes halogenated alkanes) is 19. The van der Waals surface area contributed by atoms with E-state index in [1.165, 1.54) is 57.8 Å². The summed E-state index contributed by atoms with van der Waals surface area (Å²) in [4.78, 5) is 23.3. The third-order valence-corrected chi connectivity index (χ3v) is 13.4. The molecule has 0 amide bonds. The molecule has 0 heterocycles. The summed E-state index contributed by atoms with van der Waals surface area (Å²) in [5.41, 5.74) is 0. The maximum atomic E-state index is 12.9. The van der Waals surface area contributed by atoms with Crippen LogP contribution in [0.3, 0.4) is 0 Å². The summed E-state index contributed by atoms with van der Waals surface area (Å²) in [5, 5.41) is 50.4. The zero-order valence-electron chi connectivity index (χ0n) is 44.7. The summed E-state index contributed by atoms with van der Waals surface area (Å²) in [6.07, 6.45) is 54.6. The van der Waals surface area contributed by atoms with Crippen LogP contribution in [0.5, 0.6) is 0 Å². The van der Waals surface area contributed by atoms with Crippen LogP contribution >= 0.6 is 7.82 Å². The van der Waals surface area contributed by atoms with Crippen molar-refractivity contribution in [2.45, 2.75) is 249 Å². The molecule has 0 aromatic carbocycles. The van der Waals surface area contributed by atoms with Gasteiger partial charge in [0.25, 0.3) is 0 Å². The zero-order valence-corrected chi connectivity index (χ0v) is 45.6. The number of phosphoric ester groups is 1. The second-order valence-corrected chi connectivity index (χ2v) is 20.5. The molecule has 1 saturated carbocycles. The molecule has 1 rings (SSSR count). The quantitative estimate of drug-likeness (QED) is 0.0146. The average molecular weight is 1030 g/mol. The molecule has 0 radical (unpaired) electrons. The van der Waals surface area contributed by atoms with Crippen molar-refractivity contribution in [2.24, 2.45) is 0 Å². The van der Waals surface area contributed by atoms with Gasteiger partial charge >= 0.3 is 13.8 Å². The van der Waals surface area contributed by atoms with Crippen LogP contribution in [-0.4, -0.2) is 98.9 Å². The van der Waals surface area contributed by atoms with Gasteiger partial charge in [0, 0.05) is 13.0 Å². The molecule has 0 saturated heterocycles. The smallest absolute Gasteiger partial charge is 0.457 e. The van der Waals surface area contributed by atoms with Gasteiger partial charge in [0.15, 0.2) is 0 Å². The normalized spacial score (nSPS) is 21.4. The number of ether oxygens (including phenoxy) is 2. The molecule has 6 atom stereocenters. The van der Waals surface area contributed by atoms with Gasteiger partial charge in [-0.2, -0.15) is 0 Å². The van der Waals surface area contributed by atoms with Crippen molar-refractivity contribution in [3.63, 3.8) is 0 Å². The van der Waals surface area contributed by atoms with Crippen LogP contribution in [0, 0.1) is 0 Å².